The number of aldehydes is 1. The van der Waals surface area contributed by atoms with Crippen LogP contribution in [0.3, 0.4) is 0 Å². The van der Waals surface area contributed by atoms with Gasteiger partial charge in [0.15, 0.2) is 5.96 Å². The van der Waals surface area contributed by atoms with Gasteiger partial charge >= 0.3 is 0 Å². The number of benzene rings is 1. The van der Waals surface area contributed by atoms with Crippen LogP contribution in [0.2, 0.25) is 0 Å². The summed E-state index contributed by atoms with van der Waals surface area (Å²) in [6.45, 7) is 2.20. The summed E-state index contributed by atoms with van der Waals surface area (Å²) in [5.74, 6) is -0.907. The predicted octanol–water partition coefficient (Wildman–Crippen LogP) is 0.471. The van der Waals surface area contributed by atoms with Gasteiger partial charge in [-0.1, -0.05) is 12.1 Å². The van der Waals surface area contributed by atoms with Crippen molar-refractivity contribution in [3.8, 4) is 0 Å². The number of pyridine rings is 1. The van der Waals surface area contributed by atoms with Crippen molar-refractivity contribution in [3.05, 3.63) is 36.0 Å². The average molecular weight is 558 g/mol. The van der Waals surface area contributed by atoms with Crippen LogP contribution in [0.1, 0.15) is 50.5 Å². The van der Waals surface area contributed by atoms with E-state index in [2.05, 4.69) is 20.0 Å². The number of carbonyl (C=O) groups is 3. The zero-order valence-corrected chi connectivity index (χ0v) is 22.7. The van der Waals surface area contributed by atoms with Crippen LogP contribution in [0.15, 0.2) is 40.4 Å². The minimum absolute atomic E-state index is 0.00105. The number of hydrogen-bond acceptors (Lipinski definition) is 7. The summed E-state index contributed by atoms with van der Waals surface area (Å²) in [4.78, 5) is 48.1. The SMILES string of the molecule is Cc1cnc2c(S(=O)(=O)NC3CCCC4CCC(C(=O)N[C@H](C=O)CCCN=C(N)N)N4C3=O)cccc2c1. The number of aromatic nitrogens is 1. The Bertz CT molecular complexity index is 1380. The molecule has 210 valence electrons. The van der Waals surface area contributed by atoms with Gasteiger partial charge in [0.2, 0.25) is 21.8 Å². The summed E-state index contributed by atoms with van der Waals surface area (Å²) in [6.07, 6.45) is 5.77. The van der Waals surface area contributed by atoms with Gasteiger partial charge in [0, 0.05) is 24.2 Å². The quantitative estimate of drug-likeness (QED) is 0.140. The first kappa shape index (κ1) is 28.4. The number of nitrogens with zero attached hydrogens (tertiary/aromatic N) is 3. The number of amides is 2. The van der Waals surface area contributed by atoms with Gasteiger partial charge in [-0.3, -0.25) is 19.6 Å². The Labute approximate surface area is 227 Å². The molecule has 3 unspecified atom stereocenters. The first-order chi connectivity index (χ1) is 18.6. The highest BCUT2D eigenvalue weighted by Gasteiger charge is 2.45. The molecule has 0 bridgehead atoms. The van der Waals surface area contributed by atoms with E-state index in [-0.39, 0.29) is 16.9 Å². The van der Waals surface area contributed by atoms with Crippen molar-refractivity contribution in [2.75, 3.05) is 6.54 Å². The highest BCUT2D eigenvalue weighted by atomic mass is 32.2. The molecule has 3 heterocycles. The molecule has 4 atom stereocenters. The number of sulfonamides is 1. The van der Waals surface area contributed by atoms with Crippen molar-refractivity contribution in [2.45, 2.75) is 80.9 Å². The van der Waals surface area contributed by atoms with Gasteiger partial charge in [-0.25, -0.2) is 8.42 Å². The first-order valence-electron chi connectivity index (χ1n) is 13.1. The van der Waals surface area contributed by atoms with Crippen molar-refractivity contribution >= 4 is 45.0 Å². The first-order valence-corrected chi connectivity index (χ1v) is 14.6. The third-order valence-electron chi connectivity index (χ3n) is 7.25. The van der Waals surface area contributed by atoms with E-state index in [1.54, 1.807) is 18.3 Å². The number of aryl methyl sites for hydroxylation is 1. The predicted molar refractivity (Wildman–Crippen MR) is 146 cm³/mol. The fraction of sp³-hybridized carbons (Fsp3) is 0.500. The molecule has 2 aliphatic heterocycles. The maximum absolute atomic E-state index is 13.7. The van der Waals surface area contributed by atoms with Gasteiger partial charge in [-0.15, -0.1) is 0 Å². The third kappa shape index (κ3) is 6.53. The standard InChI is InChI=1S/C26H35N7O5S/c1-16-13-17-5-2-9-22(23(17)30-14-16)39(37,38)32-20-8-3-7-19-10-11-21(33(19)25(20)36)24(35)31-18(15-34)6-4-12-29-26(27)28/h2,5,9,13-15,18-21,32H,3-4,6-8,10-12H2,1H3,(H,31,35)(H4,27,28,29)/t18-,19?,20?,21?/m0/s1. The Morgan fingerprint density at radius 3 is 2.79 bits per heavy atom. The lowest BCUT2D eigenvalue weighted by Gasteiger charge is -2.31. The monoisotopic (exact) mass is 557 g/mol. The van der Waals surface area contributed by atoms with Crippen molar-refractivity contribution < 1.29 is 22.8 Å². The van der Waals surface area contributed by atoms with Crippen LogP contribution in [-0.4, -0.2) is 73.1 Å². The van der Waals surface area contributed by atoms with E-state index >= 15 is 0 Å². The van der Waals surface area contributed by atoms with Crippen LogP contribution < -0.4 is 21.5 Å². The summed E-state index contributed by atoms with van der Waals surface area (Å²) in [5, 5.41) is 3.41. The summed E-state index contributed by atoms with van der Waals surface area (Å²) in [6, 6.07) is 4.04. The smallest absolute Gasteiger partial charge is 0.243 e. The normalized spacial score (nSPS) is 22.1. The molecule has 0 radical (unpaired) electrons. The highest BCUT2D eigenvalue weighted by molar-refractivity contribution is 7.89. The van der Waals surface area contributed by atoms with E-state index < -0.39 is 40.0 Å². The molecular formula is C26H35N7O5S. The molecule has 6 N–H and O–H groups in total. The molecular weight excluding hydrogens is 522 g/mol. The Morgan fingerprint density at radius 2 is 2.05 bits per heavy atom. The topological polar surface area (TPSA) is 190 Å². The number of carbonyl (C=O) groups excluding carboxylic acids is 3. The molecule has 2 saturated heterocycles. The molecule has 4 rings (SSSR count). The van der Waals surface area contributed by atoms with Crippen LogP contribution in [0.5, 0.6) is 0 Å². The van der Waals surface area contributed by atoms with Crippen LogP contribution in [-0.2, 0) is 24.4 Å². The summed E-state index contributed by atoms with van der Waals surface area (Å²) in [5.41, 5.74) is 11.8. The fourth-order valence-corrected chi connectivity index (χ4v) is 6.81. The molecule has 1 aromatic carbocycles. The van der Waals surface area contributed by atoms with Gasteiger partial charge in [0.25, 0.3) is 0 Å². The van der Waals surface area contributed by atoms with Crippen molar-refractivity contribution in [3.63, 3.8) is 0 Å². The van der Waals surface area contributed by atoms with E-state index in [1.165, 1.54) is 11.0 Å². The van der Waals surface area contributed by atoms with Gasteiger partial charge in [-0.05, 0) is 69.6 Å². The van der Waals surface area contributed by atoms with E-state index in [4.69, 9.17) is 11.5 Å². The summed E-state index contributed by atoms with van der Waals surface area (Å²) < 4.78 is 29.5. The fourth-order valence-electron chi connectivity index (χ4n) is 5.41. The molecule has 0 spiro atoms. The molecule has 2 fully saturated rings. The molecule has 1 aromatic heterocycles. The Morgan fingerprint density at radius 1 is 1.26 bits per heavy atom. The molecule has 0 saturated carbocycles. The second-order valence-corrected chi connectivity index (χ2v) is 11.8. The summed E-state index contributed by atoms with van der Waals surface area (Å²) >= 11 is 0. The number of para-hydroxylation sites is 1. The van der Waals surface area contributed by atoms with Crippen molar-refractivity contribution in [2.24, 2.45) is 16.5 Å². The van der Waals surface area contributed by atoms with Crippen molar-refractivity contribution in [1.29, 1.82) is 0 Å². The third-order valence-corrected chi connectivity index (χ3v) is 8.75. The zero-order valence-electron chi connectivity index (χ0n) is 21.9. The molecule has 2 aliphatic rings. The molecule has 0 aliphatic carbocycles. The average Bonchev–Trinajstić information content (AvgIpc) is 3.26. The number of hydrogen-bond donors (Lipinski definition) is 4. The number of rotatable bonds is 10. The number of guanidine groups is 1. The number of nitrogens with two attached hydrogens (primary N) is 2. The lowest BCUT2D eigenvalue weighted by atomic mass is 10.1. The van der Waals surface area contributed by atoms with E-state index in [0.717, 1.165) is 5.56 Å². The largest absolute Gasteiger partial charge is 0.370 e. The van der Waals surface area contributed by atoms with Gasteiger partial charge in [0.1, 0.15) is 23.3 Å². The molecule has 2 aromatic rings. The second-order valence-electron chi connectivity index (χ2n) is 10.1. The van der Waals surface area contributed by atoms with Gasteiger partial charge in [0.05, 0.1) is 11.6 Å². The maximum atomic E-state index is 13.7. The van der Waals surface area contributed by atoms with Crippen LogP contribution >= 0.6 is 0 Å². The second kappa shape index (κ2) is 12.1. The van der Waals surface area contributed by atoms with Crippen LogP contribution in [0, 0.1) is 6.92 Å². The molecule has 39 heavy (non-hydrogen) atoms. The van der Waals surface area contributed by atoms with E-state index in [9.17, 15) is 22.8 Å². The highest BCUT2D eigenvalue weighted by Crippen LogP contribution is 2.33. The maximum Gasteiger partial charge on any atom is 0.243 e. The Kier molecular flexibility index (Phi) is 8.80. The van der Waals surface area contributed by atoms with E-state index in [1.807, 2.05) is 13.0 Å². The molecule has 2 amide bonds. The number of nitrogens with one attached hydrogen (secondary N) is 2. The Balaban J connectivity index is 1.49. The minimum atomic E-state index is -4.09. The molecule has 12 nitrogen and oxygen atoms in total. The summed E-state index contributed by atoms with van der Waals surface area (Å²) in [7, 11) is -4.09. The number of aliphatic imine (C=N–C) groups is 1. The van der Waals surface area contributed by atoms with E-state index in [0.29, 0.717) is 68.7 Å². The lowest BCUT2D eigenvalue weighted by molar-refractivity contribution is -0.141. The minimum Gasteiger partial charge on any atom is -0.370 e. The Hall–Kier alpha value is -3.58. The van der Waals surface area contributed by atoms with Crippen molar-refractivity contribution in [1.82, 2.24) is 19.9 Å². The lowest BCUT2D eigenvalue weighted by Crippen LogP contribution is -2.55. The van der Waals surface area contributed by atoms with Gasteiger partial charge < -0.3 is 26.5 Å². The van der Waals surface area contributed by atoms with Gasteiger partial charge in [-0.2, -0.15) is 4.72 Å². The van der Waals surface area contributed by atoms with Crippen LogP contribution in [0.4, 0.5) is 0 Å². The zero-order chi connectivity index (χ0) is 28.2. The van der Waals surface area contributed by atoms with Crippen LogP contribution in [0.25, 0.3) is 10.9 Å². The molecule has 13 heteroatoms. The number of fused-ring (bicyclic) bond motifs is 2.